The van der Waals surface area contributed by atoms with E-state index in [9.17, 15) is 17.2 Å². The van der Waals surface area contributed by atoms with Gasteiger partial charge >= 0.3 is 5.76 Å². The fourth-order valence-electron chi connectivity index (χ4n) is 1.18. The zero-order valence-corrected chi connectivity index (χ0v) is 10.4. The number of aryl methyl sites for hydroxylation is 1. The number of nitrogens with two attached hydrogens (primary N) is 1. The van der Waals surface area contributed by atoms with Crippen LogP contribution in [0.5, 0.6) is 0 Å². The number of rotatable bonds is 3. The number of benzene rings is 1. The maximum absolute atomic E-state index is 12.2. The number of hydrogen-bond donors (Lipinski definition) is 2. The van der Waals surface area contributed by atoms with Gasteiger partial charge in [0.25, 0.3) is 10.0 Å². The van der Waals surface area contributed by atoms with Crippen molar-refractivity contribution < 1.29 is 17.2 Å². The highest BCUT2D eigenvalue weighted by molar-refractivity contribution is 7.93. The Morgan fingerprint density at radius 1 is 1.44 bits per heavy atom. The number of alkyl halides is 2. The third-order valence-electron chi connectivity index (χ3n) is 2.06. The number of halogens is 2. The third-order valence-corrected chi connectivity index (χ3v) is 3.05. The third kappa shape index (κ3) is 3.68. The summed E-state index contributed by atoms with van der Waals surface area (Å²) in [4.78, 5) is 0. The molecule has 0 aliphatic heterocycles. The van der Waals surface area contributed by atoms with Gasteiger partial charge in [-0.1, -0.05) is 17.9 Å². The second kappa shape index (κ2) is 5.80. The molecule has 1 aromatic carbocycles. The summed E-state index contributed by atoms with van der Waals surface area (Å²) in [6.45, 7) is 1.93. The summed E-state index contributed by atoms with van der Waals surface area (Å²) in [6, 6.07) is 4.37. The Labute approximate surface area is 104 Å². The van der Waals surface area contributed by atoms with Gasteiger partial charge in [-0.15, -0.1) is 0 Å². The zero-order valence-electron chi connectivity index (χ0n) is 9.57. The highest BCUT2D eigenvalue weighted by Crippen LogP contribution is 2.17. The van der Waals surface area contributed by atoms with Gasteiger partial charge in [0.2, 0.25) is 0 Å². The number of nitrogens with one attached hydrogen (secondary N) is 1. The first-order chi connectivity index (χ1) is 8.36. The molecule has 0 saturated heterocycles. The number of anilines is 1. The first-order valence-electron chi connectivity index (χ1n) is 4.96. The van der Waals surface area contributed by atoms with Gasteiger partial charge in [0.1, 0.15) is 0 Å². The molecular formula is C11H12F2N2O2S. The molecule has 4 nitrogen and oxygen atoms in total. The SMILES string of the molecule is Cc1ccc(NS(=O)(=O)C(F)F)cc1C#CCN. The molecule has 0 atom stereocenters. The van der Waals surface area contributed by atoms with Crippen LogP contribution in [0, 0.1) is 18.8 Å². The minimum Gasteiger partial charge on any atom is -0.320 e. The molecular weight excluding hydrogens is 262 g/mol. The Balaban J connectivity index is 3.06. The Hall–Kier alpha value is -1.65. The van der Waals surface area contributed by atoms with Crippen molar-refractivity contribution in [3.05, 3.63) is 29.3 Å². The molecule has 7 heteroatoms. The van der Waals surface area contributed by atoms with E-state index in [2.05, 4.69) is 11.8 Å². The summed E-state index contributed by atoms with van der Waals surface area (Å²) < 4.78 is 48.1. The second-order valence-electron chi connectivity index (χ2n) is 3.44. The van der Waals surface area contributed by atoms with E-state index in [0.29, 0.717) is 5.56 Å². The molecule has 0 saturated carbocycles. The minimum absolute atomic E-state index is 0.0437. The summed E-state index contributed by atoms with van der Waals surface area (Å²) in [5, 5.41) is 0. The molecule has 98 valence electrons. The lowest BCUT2D eigenvalue weighted by Crippen LogP contribution is -2.20. The lowest BCUT2D eigenvalue weighted by atomic mass is 10.1. The van der Waals surface area contributed by atoms with Crippen LogP contribution < -0.4 is 10.5 Å². The molecule has 0 heterocycles. The highest BCUT2D eigenvalue weighted by Gasteiger charge is 2.23. The predicted octanol–water partition coefficient (Wildman–Crippen LogP) is 1.27. The zero-order chi connectivity index (χ0) is 13.8. The maximum atomic E-state index is 12.2. The standard InChI is InChI=1S/C11H12F2N2O2S/c1-8-4-5-10(7-9(8)3-2-6-14)15-18(16,17)11(12)13/h4-5,7,11,15H,6,14H2,1H3. The Morgan fingerprint density at radius 2 is 2.11 bits per heavy atom. The molecule has 0 spiro atoms. The van der Waals surface area contributed by atoms with Crippen LogP contribution in [0.1, 0.15) is 11.1 Å². The Bertz CT molecular complexity index is 589. The van der Waals surface area contributed by atoms with E-state index in [4.69, 9.17) is 5.73 Å². The van der Waals surface area contributed by atoms with Crippen molar-refractivity contribution in [3.63, 3.8) is 0 Å². The molecule has 0 aliphatic rings. The maximum Gasteiger partial charge on any atom is 0.355 e. The van der Waals surface area contributed by atoms with Crippen LogP contribution in [-0.4, -0.2) is 20.7 Å². The fourth-order valence-corrected chi connectivity index (χ4v) is 1.72. The van der Waals surface area contributed by atoms with Gasteiger partial charge in [-0.3, -0.25) is 4.72 Å². The molecule has 0 amide bonds. The van der Waals surface area contributed by atoms with Crippen molar-refractivity contribution in [3.8, 4) is 11.8 Å². The molecule has 0 unspecified atom stereocenters. The first-order valence-corrected chi connectivity index (χ1v) is 6.51. The van der Waals surface area contributed by atoms with E-state index < -0.39 is 15.8 Å². The van der Waals surface area contributed by atoms with Crippen LogP contribution in [0.15, 0.2) is 18.2 Å². The molecule has 0 aromatic heterocycles. The second-order valence-corrected chi connectivity index (χ2v) is 5.09. The van der Waals surface area contributed by atoms with Crippen LogP contribution in [0.2, 0.25) is 0 Å². The molecule has 0 fully saturated rings. The average molecular weight is 274 g/mol. The predicted molar refractivity (Wildman–Crippen MR) is 65.7 cm³/mol. The van der Waals surface area contributed by atoms with Gasteiger partial charge in [-0.25, -0.2) is 8.42 Å². The van der Waals surface area contributed by atoms with Crippen LogP contribution in [0.3, 0.4) is 0 Å². The van der Waals surface area contributed by atoms with Gasteiger partial charge in [0.15, 0.2) is 0 Å². The van der Waals surface area contributed by atoms with Crippen LogP contribution in [0.4, 0.5) is 14.5 Å². The van der Waals surface area contributed by atoms with Gasteiger partial charge < -0.3 is 5.73 Å². The van der Waals surface area contributed by atoms with Crippen molar-refractivity contribution in [2.45, 2.75) is 12.7 Å². The number of hydrogen-bond acceptors (Lipinski definition) is 3. The van der Waals surface area contributed by atoms with Crippen LogP contribution in [0.25, 0.3) is 0 Å². The van der Waals surface area contributed by atoms with E-state index in [-0.39, 0.29) is 12.2 Å². The minimum atomic E-state index is -4.66. The smallest absolute Gasteiger partial charge is 0.320 e. The van der Waals surface area contributed by atoms with Crippen LogP contribution >= 0.6 is 0 Å². The molecule has 0 bridgehead atoms. The lowest BCUT2D eigenvalue weighted by Gasteiger charge is -2.08. The molecule has 0 radical (unpaired) electrons. The average Bonchev–Trinajstić information content (AvgIpc) is 2.29. The molecule has 1 aromatic rings. The number of sulfonamides is 1. The van der Waals surface area contributed by atoms with Crippen molar-refractivity contribution in [2.75, 3.05) is 11.3 Å². The van der Waals surface area contributed by atoms with Gasteiger partial charge in [0, 0.05) is 11.3 Å². The van der Waals surface area contributed by atoms with Gasteiger partial charge in [0.05, 0.1) is 6.54 Å². The summed E-state index contributed by atoms with van der Waals surface area (Å²) in [7, 11) is -4.66. The quantitative estimate of drug-likeness (QED) is 0.815. The molecule has 3 N–H and O–H groups in total. The van der Waals surface area contributed by atoms with Crippen molar-refractivity contribution in [1.82, 2.24) is 0 Å². The van der Waals surface area contributed by atoms with Crippen LogP contribution in [-0.2, 0) is 10.0 Å². The first kappa shape index (κ1) is 14.4. The monoisotopic (exact) mass is 274 g/mol. The van der Waals surface area contributed by atoms with E-state index in [1.165, 1.54) is 12.1 Å². The van der Waals surface area contributed by atoms with E-state index in [1.807, 2.05) is 0 Å². The van der Waals surface area contributed by atoms with E-state index in [0.717, 1.165) is 5.56 Å². The lowest BCUT2D eigenvalue weighted by molar-refractivity contribution is 0.236. The largest absolute Gasteiger partial charge is 0.355 e. The fraction of sp³-hybridized carbons (Fsp3) is 0.273. The van der Waals surface area contributed by atoms with Crippen molar-refractivity contribution in [2.24, 2.45) is 5.73 Å². The van der Waals surface area contributed by atoms with E-state index in [1.54, 1.807) is 17.7 Å². The summed E-state index contributed by atoms with van der Waals surface area (Å²) >= 11 is 0. The van der Waals surface area contributed by atoms with Crippen molar-refractivity contribution in [1.29, 1.82) is 0 Å². The Kier molecular flexibility index (Phi) is 4.64. The van der Waals surface area contributed by atoms with Gasteiger partial charge in [-0.05, 0) is 24.6 Å². The van der Waals surface area contributed by atoms with Gasteiger partial charge in [-0.2, -0.15) is 8.78 Å². The normalized spacial score (nSPS) is 10.9. The molecule has 1 rings (SSSR count). The molecule has 18 heavy (non-hydrogen) atoms. The highest BCUT2D eigenvalue weighted by atomic mass is 32.2. The Morgan fingerprint density at radius 3 is 2.67 bits per heavy atom. The van der Waals surface area contributed by atoms with E-state index >= 15 is 0 Å². The van der Waals surface area contributed by atoms with Crippen molar-refractivity contribution >= 4 is 15.7 Å². The summed E-state index contributed by atoms with van der Waals surface area (Å²) in [5.74, 6) is 1.87. The summed E-state index contributed by atoms with van der Waals surface area (Å²) in [5.41, 5.74) is 6.60. The topological polar surface area (TPSA) is 72.2 Å². The summed E-state index contributed by atoms with van der Waals surface area (Å²) in [6.07, 6.45) is 0. The molecule has 0 aliphatic carbocycles.